The summed E-state index contributed by atoms with van der Waals surface area (Å²) in [5.74, 6) is -1.55. The van der Waals surface area contributed by atoms with Crippen molar-refractivity contribution in [2.24, 2.45) is 10.9 Å². The average molecular weight is 278 g/mol. The number of halogens is 1. The van der Waals surface area contributed by atoms with Crippen molar-refractivity contribution < 1.29 is 18.7 Å². The van der Waals surface area contributed by atoms with E-state index in [9.17, 15) is 14.0 Å². The molecule has 0 saturated carbocycles. The van der Waals surface area contributed by atoms with Crippen LogP contribution in [-0.4, -0.2) is 24.3 Å². The lowest BCUT2D eigenvalue weighted by molar-refractivity contribution is -0.135. The number of urea groups is 1. The normalized spacial score (nSPS) is 21.9. The second kappa shape index (κ2) is 5.81. The monoisotopic (exact) mass is 278 g/mol. The first-order valence-electron chi connectivity index (χ1n) is 6.35. The molecule has 106 valence electrons. The number of nitrogens with zero attached hydrogens (tertiary/aromatic N) is 1. The molecule has 2 amide bonds. The smallest absolute Gasteiger partial charge is 0.353 e. The maximum Gasteiger partial charge on any atom is 0.353 e. The minimum atomic E-state index is -0.667. The summed E-state index contributed by atoms with van der Waals surface area (Å²) in [5, 5.41) is 2.58. The van der Waals surface area contributed by atoms with Crippen molar-refractivity contribution in [3.05, 3.63) is 35.6 Å². The van der Waals surface area contributed by atoms with Gasteiger partial charge in [-0.25, -0.2) is 14.0 Å². The molecule has 1 aliphatic rings. The fourth-order valence-corrected chi connectivity index (χ4v) is 2.17. The van der Waals surface area contributed by atoms with Crippen LogP contribution in [-0.2, 0) is 9.53 Å². The van der Waals surface area contributed by atoms with E-state index in [0.717, 1.165) is 0 Å². The third-order valence-corrected chi connectivity index (χ3v) is 3.16. The van der Waals surface area contributed by atoms with Gasteiger partial charge in [-0.3, -0.25) is 0 Å². The van der Waals surface area contributed by atoms with E-state index in [4.69, 9.17) is 4.74 Å². The van der Waals surface area contributed by atoms with E-state index in [1.807, 2.05) is 0 Å². The second-order valence-corrected chi connectivity index (χ2v) is 4.45. The standard InChI is InChI=1S/C14H15FN2O3/c1-3-20-13(18)12-8(2)11(16-14(19)17-12)9-6-4-5-7-10(9)15/h4-8,11H,3H2,1-2H3,(H,16,19). The zero-order chi connectivity index (χ0) is 14.7. The molecule has 5 nitrogen and oxygen atoms in total. The number of amides is 2. The Bertz CT molecular complexity index is 571. The molecule has 1 aliphatic heterocycles. The van der Waals surface area contributed by atoms with Crippen LogP contribution in [0.5, 0.6) is 0 Å². The Morgan fingerprint density at radius 1 is 1.45 bits per heavy atom. The zero-order valence-electron chi connectivity index (χ0n) is 11.2. The number of carbonyl (C=O) groups is 2. The molecule has 0 aromatic heterocycles. The summed E-state index contributed by atoms with van der Waals surface area (Å²) >= 11 is 0. The molecule has 0 spiro atoms. The molecule has 20 heavy (non-hydrogen) atoms. The Morgan fingerprint density at radius 2 is 2.15 bits per heavy atom. The minimum Gasteiger partial charge on any atom is -0.461 e. The van der Waals surface area contributed by atoms with Crippen LogP contribution in [0.3, 0.4) is 0 Å². The van der Waals surface area contributed by atoms with Crippen molar-refractivity contribution in [1.82, 2.24) is 5.32 Å². The van der Waals surface area contributed by atoms with Crippen LogP contribution in [0.15, 0.2) is 29.3 Å². The van der Waals surface area contributed by atoms with Crippen molar-refractivity contribution in [3.8, 4) is 0 Å². The first-order chi connectivity index (χ1) is 9.54. The van der Waals surface area contributed by atoms with E-state index in [-0.39, 0.29) is 12.3 Å². The van der Waals surface area contributed by atoms with Gasteiger partial charge in [0, 0.05) is 11.5 Å². The van der Waals surface area contributed by atoms with Gasteiger partial charge in [-0.1, -0.05) is 25.1 Å². The van der Waals surface area contributed by atoms with Crippen molar-refractivity contribution >= 4 is 17.7 Å². The zero-order valence-corrected chi connectivity index (χ0v) is 11.2. The molecule has 2 atom stereocenters. The molecule has 1 heterocycles. The molecule has 0 aliphatic carbocycles. The van der Waals surface area contributed by atoms with E-state index in [1.165, 1.54) is 6.07 Å². The predicted molar refractivity (Wildman–Crippen MR) is 70.9 cm³/mol. The summed E-state index contributed by atoms with van der Waals surface area (Å²) in [6, 6.07) is 4.82. The van der Waals surface area contributed by atoms with Crippen molar-refractivity contribution in [1.29, 1.82) is 0 Å². The Labute approximate surface area is 115 Å². The summed E-state index contributed by atoms with van der Waals surface area (Å²) in [7, 11) is 0. The molecule has 0 radical (unpaired) electrons. The van der Waals surface area contributed by atoms with Gasteiger partial charge < -0.3 is 10.1 Å². The summed E-state index contributed by atoms with van der Waals surface area (Å²) < 4.78 is 18.7. The number of hydrogen-bond donors (Lipinski definition) is 1. The van der Waals surface area contributed by atoms with Crippen LogP contribution in [0.25, 0.3) is 0 Å². The topological polar surface area (TPSA) is 67.8 Å². The molecule has 6 heteroatoms. The first-order valence-corrected chi connectivity index (χ1v) is 6.35. The van der Waals surface area contributed by atoms with Crippen molar-refractivity contribution in [3.63, 3.8) is 0 Å². The van der Waals surface area contributed by atoms with Gasteiger partial charge in [-0.15, -0.1) is 0 Å². The van der Waals surface area contributed by atoms with Gasteiger partial charge in [0.1, 0.15) is 11.5 Å². The Morgan fingerprint density at radius 3 is 2.80 bits per heavy atom. The Balaban J connectivity index is 2.34. The molecule has 1 aromatic carbocycles. The minimum absolute atomic E-state index is 0.0175. The SMILES string of the molecule is CCOC(=O)C1=NC(=O)NC(c2ccccc2F)C1C. The highest BCUT2D eigenvalue weighted by molar-refractivity contribution is 6.39. The molecule has 0 bridgehead atoms. The van der Waals surface area contributed by atoms with E-state index in [1.54, 1.807) is 32.0 Å². The maximum atomic E-state index is 13.8. The second-order valence-electron chi connectivity index (χ2n) is 4.45. The van der Waals surface area contributed by atoms with Gasteiger partial charge in [0.2, 0.25) is 0 Å². The fraction of sp³-hybridized carbons (Fsp3) is 0.357. The van der Waals surface area contributed by atoms with E-state index in [2.05, 4.69) is 10.3 Å². The number of aliphatic imine (C=N–C) groups is 1. The van der Waals surface area contributed by atoms with Gasteiger partial charge >= 0.3 is 12.0 Å². The first kappa shape index (κ1) is 14.2. The lowest BCUT2D eigenvalue weighted by Crippen LogP contribution is -2.43. The Hall–Kier alpha value is -2.24. The number of esters is 1. The molecule has 1 aromatic rings. The largest absolute Gasteiger partial charge is 0.461 e. The van der Waals surface area contributed by atoms with Gasteiger partial charge in [0.25, 0.3) is 0 Å². The van der Waals surface area contributed by atoms with Crippen LogP contribution in [0.4, 0.5) is 9.18 Å². The molecular formula is C14H15FN2O3. The van der Waals surface area contributed by atoms with Crippen LogP contribution in [0.1, 0.15) is 25.5 Å². The maximum absolute atomic E-state index is 13.8. The molecule has 0 saturated heterocycles. The van der Waals surface area contributed by atoms with Crippen LogP contribution >= 0.6 is 0 Å². The molecule has 2 unspecified atom stereocenters. The van der Waals surface area contributed by atoms with Crippen molar-refractivity contribution in [2.45, 2.75) is 19.9 Å². The van der Waals surface area contributed by atoms with Gasteiger partial charge in [-0.05, 0) is 13.0 Å². The summed E-state index contributed by atoms with van der Waals surface area (Å²) in [6.45, 7) is 3.56. The average Bonchev–Trinajstić information content (AvgIpc) is 2.42. The predicted octanol–water partition coefficient (Wildman–Crippen LogP) is 2.23. The van der Waals surface area contributed by atoms with E-state index in [0.29, 0.717) is 5.56 Å². The molecular weight excluding hydrogens is 263 g/mol. The molecule has 0 fully saturated rings. The number of carbonyl (C=O) groups excluding carboxylic acids is 2. The van der Waals surface area contributed by atoms with E-state index < -0.39 is 29.8 Å². The number of nitrogens with one attached hydrogen (secondary N) is 1. The summed E-state index contributed by atoms with van der Waals surface area (Å²) in [6.07, 6.45) is 0. The van der Waals surface area contributed by atoms with Gasteiger partial charge in [-0.2, -0.15) is 4.99 Å². The highest BCUT2D eigenvalue weighted by Crippen LogP contribution is 2.28. The number of ether oxygens (including phenoxy) is 1. The lowest BCUT2D eigenvalue weighted by atomic mass is 9.89. The van der Waals surface area contributed by atoms with Crippen LogP contribution in [0.2, 0.25) is 0 Å². The fourth-order valence-electron chi connectivity index (χ4n) is 2.17. The highest BCUT2D eigenvalue weighted by Gasteiger charge is 2.35. The highest BCUT2D eigenvalue weighted by atomic mass is 19.1. The van der Waals surface area contributed by atoms with E-state index >= 15 is 0 Å². The molecule has 1 N–H and O–H groups in total. The number of benzene rings is 1. The van der Waals surface area contributed by atoms with Crippen LogP contribution < -0.4 is 5.32 Å². The van der Waals surface area contributed by atoms with Gasteiger partial charge in [0.05, 0.1) is 12.6 Å². The third kappa shape index (κ3) is 2.68. The summed E-state index contributed by atoms with van der Waals surface area (Å²) in [4.78, 5) is 27.0. The Kier molecular flexibility index (Phi) is 4.12. The van der Waals surface area contributed by atoms with Crippen LogP contribution in [0, 0.1) is 11.7 Å². The molecule has 2 rings (SSSR count). The lowest BCUT2D eigenvalue weighted by Gasteiger charge is -2.29. The van der Waals surface area contributed by atoms with Gasteiger partial charge in [0.15, 0.2) is 0 Å². The summed E-state index contributed by atoms with van der Waals surface area (Å²) in [5.41, 5.74) is 0.342. The number of rotatable bonds is 3. The quantitative estimate of drug-likeness (QED) is 0.862. The third-order valence-electron chi connectivity index (χ3n) is 3.16. The number of hydrogen-bond acceptors (Lipinski definition) is 3. The van der Waals surface area contributed by atoms with Crippen molar-refractivity contribution in [2.75, 3.05) is 6.61 Å².